The maximum atomic E-state index is 12.0. The second-order valence-electron chi connectivity index (χ2n) is 3.82. The first kappa shape index (κ1) is 11.4. The van der Waals surface area contributed by atoms with Crippen molar-refractivity contribution in [2.75, 3.05) is 7.11 Å². The summed E-state index contributed by atoms with van der Waals surface area (Å²) in [6, 6.07) is 5.46. The van der Waals surface area contributed by atoms with E-state index in [1.165, 1.54) is 0 Å². The number of Topliss-reactive ketones (excluding diaryl/α,β-unsaturated/α-hetero) is 1. The summed E-state index contributed by atoms with van der Waals surface area (Å²) in [6.45, 7) is 1.94. The molecule has 17 heavy (non-hydrogen) atoms. The minimum absolute atomic E-state index is 0.0262. The molecule has 0 bridgehead atoms. The third kappa shape index (κ3) is 2.53. The molecule has 1 aromatic carbocycles. The monoisotopic (exact) mass is 230 g/mol. The van der Waals surface area contributed by atoms with Crippen molar-refractivity contribution in [2.24, 2.45) is 0 Å². The van der Waals surface area contributed by atoms with Crippen molar-refractivity contribution in [1.82, 2.24) is 9.97 Å². The lowest BCUT2D eigenvalue weighted by Gasteiger charge is -2.06. The van der Waals surface area contributed by atoms with E-state index in [0.717, 1.165) is 11.3 Å². The third-order valence-electron chi connectivity index (χ3n) is 2.61. The number of benzene rings is 1. The van der Waals surface area contributed by atoms with E-state index in [2.05, 4.69) is 9.97 Å². The second kappa shape index (κ2) is 4.82. The molecule has 2 aromatic rings. The summed E-state index contributed by atoms with van der Waals surface area (Å²) >= 11 is 0. The van der Waals surface area contributed by atoms with E-state index >= 15 is 0 Å². The molecule has 0 unspecified atom stereocenters. The molecule has 0 atom stereocenters. The summed E-state index contributed by atoms with van der Waals surface area (Å²) < 4.78 is 5.20. The maximum Gasteiger partial charge on any atom is 0.170 e. The Balaban J connectivity index is 2.19. The number of rotatable bonds is 4. The van der Waals surface area contributed by atoms with Crippen LogP contribution in [-0.4, -0.2) is 22.9 Å². The molecule has 88 valence electrons. The molecule has 0 amide bonds. The summed E-state index contributed by atoms with van der Waals surface area (Å²) in [5.41, 5.74) is 1.66. The zero-order valence-corrected chi connectivity index (χ0v) is 9.86. The first-order valence-electron chi connectivity index (χ1n) is 5.37. The van der Waals surface area contributed by atoms with Gasteiger partial charge < -0.3 is 9.72 Å². The first-order chi connectivity index (χ1) is 8.20. The Morgan fingerprint density at radius 3 is 2.94 bits per heavy atom. The molecule has 0 saturated heterocycles. The third-order valence-corrected chi connectivity index (χ3v) is 2.61. The lowest BCUT2D eigenvalue weighted by atomic mass is 10.1. The van der Waals surface area contributed by atoms with Crippen LogP contribution in [0.15, 0.2) is 30.6 Å². The van der Waals surface area contributed by atoms with Crippen LogP contribution in [0.2, 0.25) is 0 Å². The van der Waals surface area contributed by atoms with Gasteiger partial charge in [-0.3, -0.25) is 4.79 Å². The minimum atomic E-state index is 0.0262. The van der Waals surface area contributed by atoms with Gasteiger partial charge in [0.1, 0.15) is 11.6 Å². The van der Waals surface area contributed by atoms with Gasteiger partial charge in [-0.2, -0.15) is 0 Å². The molecule has 0 radical (unpaired) electrons. The predicted octanol–water partition coefficient (Wildman–Crippen LogP) is 2.15. The van der Waals surface area contributed by atoms with Crippen LogP contribution in [0.3, 0.4) is 0 Å². The Bertz CT molecular complexity index is 518. The molecule has 0 fully saturated rings. The fourth-order valence-electron chi connectivity index (χ4n) is 1.64. The number of aromatic nitrogens is 2. The average molecular weight is 230 g/mol. The number of aryl methyl sites for hydroxylation is 1. The average Bonchev–Trinajstić information content (AvgIpc) is 2.82. The summed E-state index contributed by atoms with van der Waals surface area (Å²) in [7, 11) is 1.60. The SMILES string of the molecule is COc1cc(C(=O)Cc2ncc[nH]2)ccc1C. The number of carbonyl (C=O) groups excluding carboxylic acids is 1. The standard InChI is InChI=1S/C13H14N2O2/c1-9-3-4-10(7-12(9)17-2)11(16)8-13-14-5-6-15-13/h3-7H,8H2,1-2H3,(H,14,15). The molecule has 1 aromatic heterocycles. The summed E-state index contributed by atoms with van der Waals surface area (Å²) in [5, 5.41) is 0. The van der Waals surface area contributed by atoms with E-state index in [4.69, 9.17) is 4.74 Å². The smallest absolute Gasteiger partial charge is 0.170 e. The van der Waals surface area contributed by atoms with Crippen LogP contribution in [0.4, 0.5) is 0 Å². The number of nitrogens with zero attached hydrogens (tertiary/aromatic N) is 1. The minimum Gasteiger partial charge on any atom is -0.496 e. The Labute approximate surface area is 99.7 Å². The summed E-state index contributed by atoms with van der Waals surface area (Å²) in [6.07, 6.45) is 3.62. The molecule has 4 nitrogen and oxygen atoms in total. The van der Waals surface area contributed by atoms with Crippen LogP contribution in [0.1, 0.15) is 21.7 Å². The van der Waals surface area contributed by atoms with Gasteiger partial charge >= 0.3 is 0 Å². The van der Waals surface area contributed by atoms with E-state index in [-0.39, 0.29) is 12.2 Å². The molecule has 0 saturated carbocycles. The van der Waals surface area contributed by atoms with E-state index in [0.29, 0.717) is 11.4 Å². The quantitative estimate of drug-likeness (QED) is 0.819. The van der Waals surface area contributed by atoms with Crippen LogP contribution < -0.4 is 4.74 Å². The molecular weight excluding hydrogens is 216 g/mol. The lowest BCUT2D eigenvalue weighted by Crippen LogP contribution is -2.05. The zero-order valence-electron chi connectivity index (χ0n) is 9.86. The van der Waals surface area contributed by atoms with E-state index in [1.807, 2.05) is 19.1 Å². The molecule has 2 rings (SSSR count). The van der Waals surface area contributed by atoms with Crippen LogP contribution in [0.25, 0.3) is 0 Å². The highest BCUT2D eigenvalue weighted by Crippen LogP contribution is 2.19. The van der Waals surface area contributed by atoms with Crippen molar-refractivity contribution in [3.05, 3.63) is 47.5 Å². The fraction of sp³-hybridized carbons (Fsp3) is 0.231. The number of aromatic amines is 1. The number of methoxy groups -OCH3 is 1. The van der Waals surface area contributed by atoms with Crippen molar-refractivity contribution >= 4 is 5.78 Å². The van der Waals surface area contributed by atoms with Crippen molar-refractivity contribution in [2.45, 2.75) is 13.3 Å². The van der Waals surface area contributed by atoms with Gasteiger partial charge in [0.15, 0.2) is 5.78 Å². The van der Waals surface area contributed by atoms with Crippen molar-refractivity contribution in [1.29, 1.82) is 0 Å². The van der Waals surface area contributed by atoms with Crippen molar-refractivity contribution < 1.29 is 9.53 Å². The normalized spacial score (nSPS) is 10.2. The molecular formula is C13H14N2O2. The number of nitrogens with one attached hydrogen (secondary N) is 1. The van der Waals surface area contributed by atoms with Gasteiger partial charge in [-0.15, -0.1) is 0 Å². The van der Waals surface area contributed by atoms with E-state index in [9.17, 15) is 4.79 Å². The van der Waals surface area contributed by atoms with Gasteiger partial charge in [-0.1, -0.05) is 12.1 Å². The molecule has 0 aliphatic rings. The van der Waals surface area contributed by atoms with Gasteiger partial charge in [-0.25, -0.2) is 4.98 Å². The van der Waals surface area contributed by atoms with Gasteiger partial charge in [0.05, 0.1) is 13.5 Å². The molecule has 1 heterocycles. The van der Waals surface area contributed by atoms with Gasteiger partial charge in [0.25, 0.3) is 0 Å². The summed E-state index contributed by atoms with van der Waals surface area (Å²) in [5.74, 6) is 1.43. The molecule has 0 aliphatic carbocycles. The molecule has 0 spiro atoms. The van der Waals surface area contributed by atoms with Crippen molar-refractivity contribution in [3.63, 3.8) is 0 Å². The number of hydrogen-bond acceptors (Lipinski definition) is 3. The van der Waals surface area contributed by atoms with Crippen LogP contribution in [0, 0.1) is 6.92 Å². The number of ether oxygens (including phenoxy) is 1. The van der Waals surface area contributed by atoms with Gasteiger partial charge in [0, 0.05) is 18.0 Å². The van der Waals surface area contributed by atoms with Crippen LogP contribution >= 0.6 is 0 Å². The molecule has 0 aliphatic heterocycles. The largest absolute Gasteiger partial charge is 0.496 e. The van der Waals surface area contributed by atoms with Crippen molar-refractivity contribution in [3.8, 4) is 5.75 Å². The topological polar surface area (TPSA) is 55.0 Å². The highest BCUT2D eigenvalue weighted by atomic mass is 16.5. The zero-order chi connectivity index (χ0) is 12.3. The van der Waals surface area contributed by atoms with E-state index < -0.39 is 0 Å². The lowest BCUT2D eigenvalue weighted by molar-refractivity contribution is 0.0990. The predicted molar refractivity (Wildman–Crippen MR) is 64.4 cm³/mol. The first-order valence-corrected chi connectivity index (χ1v) is 5.37. The number of imidazole rings is 1. The van der Waals surface area contributed by atoms with Gasteiger partial charge in [-0.05, 0) is 18.6 Å². The Hall–Kier alpha value is -2.10. The molecule has 1 N–H and O–H groups in total. The fourth-order valence-corrected chi connectivity index (χ4v) is 1.64. The molecule has 4 heteroatoms. The van der Waals surface area contributed by atoms with Gasteiger partial charge in [0.2, 0.25) is 0 Å². The number of carbonyl (C=O) groups is 1. The number of ketones is 1. The highest BCUT2D eigenvalue weighted by molar-refractivity contribution is 5.97. The number of H-pyrrole nitrogens is 1. The van der Waals surface area contributed by atoms with Crippen LogP contribution in [0.5, 0.6) is 5.75 Å². The second-order valence-corrected chi connectivity index (χ2v) is 3.82. The van der Waals surface area contributed by atoms with Crippen LogP contribution in [-0.2, 0) is 6.42 Å². The highest BCUT2D eigenvalue weighted by Gasteiger charge is 2.10. The Morgan fingerprint density at radius 1 is 1.47 bits per heavy atom. The summed E-state index contributed by atoms with van der Waals surface area (Å²) in [4.78, 5) is 18.9. The number of hydrogen-bond donors (Lipinski definition) is 1. The maximum absolute atomic E-state index is 12.0. The van der Waals surface area contributed by atoms with E-state index in [1.54, 1.807) is 25.6 Å². The Kier molecular flexibility index (Phi) is 3.23. The Morgan fingerprint density at radius 2 is 2.29 bits per heavy atom.